The number of halogens is 1. The molecule has 1 aliphatic carbocycles. The number of nitrogens with zero attached hydrogens (tertiary/aromatic N) is 2. The molecule has 0 spiro atoms. The Labute approximate surface area is 98.7 Å². The normalized spacial score (nSPS) is 24.6. The third-order valence-corrected chi connectivity index (χ3v) is 3.18. The Bertz CT molecular complexity index is 422. The van der Waals surface area contributed by atoms with E-state index in [4.69, 9.17) is 16.7 Å². The molecule has 0 radical (unpaired) electrons. The summed E-state index contributed by atoms with van der Waals surface area (Å²) < 4.78 is 0. The number of carboxylic acids is 1. The summed E-state index contributed by atoms with van der Waals surface area (Å²) in [7, 11) is 0. The van der Waals surface area contributed by atoms with Crippen molar-refractivity contribution in [1.29, 1.82) is 0 Å². The van der Waals surface area contributed by atoms with Gasteiger partial charge in [0.2, 0.25) is 0 Å². The lowest BCUT2D eigenvalue weighted by Crippen LogP contribution is -2.08. The first-order chi connectivity index (χ1) is 7.56. The van der Waals surface area contributed by atoms with Crippen LogP contribution in [0.2, 0.25) is 5.15 Å². The number of carboxylic acid groups (broad SMARTS) is 1. The maximum absolute atomic E-state index is 10.8. The van der Waals surface area contributed by atoms with Crippen LogP contribution in [0, 0.1) is 5.92 Å². The minimum atomic E-state index is -1.06. The van der Waals surface area contributed by atoms with E-state index in [-0.39, 0.29) is 16.8 Å². The van der Waals surface area contributed by atoms with Gasteiger partial charge in [-0.2, -0.15) is 0 Å². The van der Waals surface area contributed by atoms with E-state index in [9.17, 15) is 4.79 Å². The van der Waals surface area contributed by atoms with Crippen molar-refractivity contribution in [3.05, 3.63) is 22.7 Å². The van der Waals surface area contributed by atoms with Crippen molar-refractivity contribution >= 4 is 17.6 Å². The average Bonchev–Trinajstić information content (AvgIpc) is 2.64. The maximum atomic E-state index is 10.8. The van der Waals surface area contributed by atoms with Crippen LogP contribution in [0.25, 0.3) is 0 Å². The summed E-state index contributed by atoms with van der Waals surface area (Å²) in [6, 6.07) is 1.28. The Hall–Kier alpha value is -1.16. The molecule has 2 unspecified atom stereocenters. The topological polar surface area (TPSA) is 63.1 Å². The summed E-state index contributed by atoms with van der Waals surface area (Å²) in [5.74, 6) is 0.429. The highest BCUT2D eigenvalue weighted by molar-refractivity contribution is 6.29. The first-order valence-corrected chi connectivity index (χ1v) is 5.72. The standard InChI is InChI=1S/C11H13ClN2O2/c1-6-2-3-7(4-6)10-13-8(11(15)16)5-9(12)14-10/h5-7H,2-4H2,1H3,(H,15,16). The first-order valence-electron chi connectivity index (χ1n) is 5.34. The molecule has 5 heteroatoms. The van der Waals surface area contributed by atoms with Gasteiger partial charge in [0.25, 0.3) is 0 Å². The van der Waals surface area contributed by atoms with Crippen LogP contribution in [0.1, 0.15) is 48.4 Å². The van der Waals surface area contributed by atoms with Crippen LogP contribution in [-0.4, -0.2) is 21.0 Å². The number of aromatic nitrogens is 2. The molecular weight excluding hydrogens is 228 g/mol. The minimum absolute atomic E-state index is 0.0189. The lowest BCUT2D eigenvalue weighted by molar-refractivity contribution is 0.0689. The van der Waals surface area contributed by atoms with E-state index in [1.807, 2.05) is 0 Å². The van der Waals surface area contributed by atoms with Gasteiger partial charge in [-0.3, -0.25) is 0 Å². The van der Waals surface area contributed by atoms with Crippen LogP contribution in [0.4, 0.5) is 0 Å². The summed E-state index contributed by atoms with van der Waals surface area (Å²) in [5, 5.41) is 9.09. The van der Waals surface area contributed by atoms with Gasteiger partial charge in [0.15, 0.2) is 5.69 Å². The Morgan fingerprint density at radius 1 is 1.50 bits per heavy atom. The minimum Gasteiger partial charge on any atom is -0.477 e. The molecule has 0 saturated heterocycles. The smallest absolute Gasteiger partial charge is 0.354 e. The van der Waals surface area contributed by atoms with Gasteiger partial charge in [-0.15, -0.1) is 0 Å². The molecule has 1 N–H and O–H groups in total. The van der Waals surface area contributed by atoms with Gasteiger partial charge < -0.3 is 5.11 Å². The van der Waals surface area contributed by atoms with E-state index < -0.39 is 5.97 Å². The first kappa shape index (κ1) is 11.3. The van der Waals surface area contributed by atoms with Crippen molar-refractivity contribution in [2.24, 2.45) is 5.92 Å². The second-order valence-electron chi connectivity index (χ2n) is 4.35. The zero-order valence-corrected chi connectivity index (χ0v) is 9.74. The molecule has 16 heavy (non-hydrogen) atoms. The van der Waals surface area contributed by atoms with Crippen LogP contribution < -0.4 is 0 Å². The third-order valence-electron chi connectivity index (χ3n) is 2.99. The van der Waals surface area contributed by atoms with Crippen molar-refractivity contribution in [3.63, 3.8) is 0 Å². The molecule has 2 atom stereocenters. The summed E-state index contributed by atoms with van der Waals surface area (Å²) in [5.41, 5.74) is -0.0189. The van der Waals surface area contributed by atoms with E-state index in [1.54, 1.807) is 0 Å². The van der Waals surface area contributed by atoms with E-state index in [2.05, 4.69) is 16.9 Å². The van der Waals surface area contributed by atoms with Crippen LogP contribution in [0.15, 0.2) is 6.07 Å². The molecule has 1 aliphatic rings. The molecule has 2 rings (SSSR count). The summed E-state index contributed by atoms with van der Waals surface area (Å²) in [4.78, 5) is 19.0. The van der Waals surface area contributed by atoms with E-state index in [0.717, 1.165) is 19.3 Å². The lowest BCUT2D eigenvalue weighted by atomic mass is 10.1. The molecule has 0 aromatic carbocycles. The van der Waals surface area contributed by atoms with Gasteiger partial charge in [-0.05, 0) is 25.2 Å². The molecule has 86 valence electrons. The van der Waals surface area contributed by atoms with Crippen molar-refractivity contribution in [2.45, 2.75) is 32.1 Å². The average molecular weight is 241 g/mol. The SMILES string of the molecule is CC1CCC(c2nc(Cl)cc(C(=O)O)n2)C1. The molecule has 1 heterocycles. The van der Waals surface area contributed by atoms with E-state index in [1.165, 1.54) is 6.07 Å². The molecule has 1 fully saturated rings. The molecule has 1 aromatic heterocycles. The monoisotopic (exact) mass is 240 g/mol. The van der Waals surface area contributed by atoms with Gasteiger partial charge in [-0.25, -0.2) is 14.8 Å². The molecule has 1 aromatic rings. The second-order valence-corrected chi connectivity index (χ2v) is 4.74. The second kappa shape index (κ2) is 4.37. The number of hydrogen-bond acceptors (Lipinski definition) is 3. The zero-order chi connectivity index (χ0) is 11.7. The number of carbonyl (C=O) groups is 1. The van der Waals surface area contributed by atoms with E-state index in [0.29, 0.717) is 11.7 Å². The summed E-state index contributed by atoms with van der Waals surface area (Å²) in [6.07, 6.45) is 3.17. The van der Waals surface area contributed by atoms with E-state index >= 15 is 0 Å². The van der Waals surface area contributed by atoms with Crippen molar-refractivity contribution < 1.29 is 9.90 Å². The fraction of sp³-hybridized carbons (Fsp3) is 0.545. The van der Waals surface area contributed by atoms with Gasteiger partial charge >= 0.3 is 5.97 Å². The summed E-state index contributed by atoms with van der Waals surface area (Å²) in [6.45, 7) is 2.18. The fourth-order valence-corrected chi connectivity index (χ4v) is 2.36. The van der Waals surface area contributed by atoms with Crippen molar-refractivity contribution in [1.82, 2.24) is 9.97 Å². The quantitative estimate of drug-likeness (QED) is 0.808. The van der Waals surface area contributed by atoms with Crippen LogP contribution in [0.3, 0.4) is 0 Å². The molecule has 0 amide bonds. The Morgan fingerprint density at radius 2 is 2.25 bits per heavy atom. The molecule has 1 saturated carbocycles. The Morgan fingerprint density at radius 3 is 2.81 bits per heavy atom. The summed E-state index contributed by atoms with van der Waals surface area (Å²) >= 11 is 5.79. The fourth-order valence-electron chi connectivity index (χ4n) is 2.17. The van der Waals surface area contributed by atoms with Crippen molar-refractivity contribution in [3.8, 4) is 0 Å². The molecular formula is C11H13ClN2O2. The lowest BCUT2D eigenvalue weighted by Gasteiger charge is -2.08. The highest BCUT2D eigenvalue weighted by Crippen LogP contribution is 2.36. The third kappa shape index (κ3) is 2.32. The van der Waals surface area contributed by atoms with Gasteiger partial charge in [0.05, 0.1) is 0 Å². The number of aromatic carboxylic acids is 1. The number of rotatable bonds is 2. The Balaban J connectivity index is 2.30. The number of hydrogen-bond donors (Lipinski definition) is 1. The van der Waals surface area contributed by atoms with Crippen molar-refractivity contribution in [2.75, 3.05) is 0 Å². The molecule has 0 aliphatic heterocycles. The van der Waals surface area contributed by atoms with Gasteiger partial charge in [0, 0.05) is 12.0 Å². The van der Waals surface area contributed by atoms with Crippen LogP contribution in [-0.2, 0) is 0 Å². The zero-order valence-electron chi connectivity index (χ0n) is 8.98. The predicted octanol–water partition coefficient (Wildman–Crippen LogP) is 2.73. The highest BCUT2D eigenvalue weighted by atomic mass is 35.5. The highest BCUT2D eigenvalue weighted by Gasteiger charge is 2.26. The molecule has 4 nitrogen and oxygen atoms in total. The largest absolute Gasteiger partial charge is 0.477 e. The van der Waals surface area contributed by atoms with Crippen LogP contribution >= 0.6 is 11.6 Å². The van der Waals surface area contributed by atoms with Crippen LogP contribution in [0.5, 0.6) is 0 Å². The van der Waals surface area contributed by atoms with Gasteiger partial charge in [-0.1, -0.05) is 18.5 Å². The molecule has 0 bridgehead atoms. The Kier molecular flexibility index (Phi) is 3.10. The predicted molar refractivity (Wildman–Crippen MR) is 59.8 cm³/mol. The van der Waals surface area contributed by atoms with Gasteiger partial charge in [0.1, 0.15) is 11.0 Å². The maximum Gasteiger partial charge on any atom is 0.354 e.